The number of rotatable bonds is 6. The molecule has 0 amide bonds. The molecule has 0 fully saturated rings. The van der Waals surface area contributed by atoms with Crippen LogP contribution in [-0.4, -0.2) is 33.7 Å². The molecule has 2 aromatic rings. The fourth-order valence-electron chi connectivity index (χ4n) is 2.13. The number of aryl methyl sites for hydroxylation is 1. The number of nitrogens with one attached hydrogen (secondary N) is 1. The summed E-state index contributed by atoms with van der Waals surface area (Å²) in [6.07, 6.45) is 0. The van der Waals surface area contributed by atoms with Crippen LogP contribution in [0.3, 0.4) is 0 Å². The molecular weight excluding hydrogens is 334 g/mol. The third kappa shape index (κ3) is 3.60. The van der Waals surface area contributed by atoms with Crippen molar-refractivity contribution < 1.29 is 27.8 Å². The zero-order valence-corrected chi connectivity index (χ0v) is 14.2. The number of ether oxygens (including phenoxy) is 2. The Bertz CT molecular complexity index is 876. The Kier molecular flexibility index (Phi) is 4.99. The Morgan fingerprint density at radius 1 is 1.08 bits per heavy atom. The highest BCUT2D eigenvalue weighted by Crippen LogP contribution is 2.34. The standard InChI is InChI=1S/C16H17NO6S/c1-10-5-4-6-11(7-10)24(20,21)17-13-9-15(23-3)14(22-2)8-12(13)16(18)19/h4-9,17H,1-3H3,(H,18,19). The second kappa shape index (κ2) is 6.79. The number of hydrogen-bond acceptors (Lipinski definition) is 5. The molecule has 2 N–H and O–H groups in total. The van der Waals surface area contributed by atoms with Crippen molar-refractivity contribution in [3.63, 3.8) is 0 Å². The summed E-state index contributed by atoms with van der Waals surface area (Å²) >= 11 is 0. The van der Waals surface area contributed by atoms with Crippen LogP contribution in [0.5, 0.6) is 11.5 Å². The maximum atomic E-state index is 12.5. The Hall–Kier alpha value is -2.74. The third-order valence-electron chi connectivity index (χ3n) is 3.30. The predicted octanol–water partition coefficient (Wildman–Crippen LogP) is 2.51. The smallest absolute Gasteiger partial charge is 0.337 e. The van der Waals surface area contributed by atoms with Crippen LogP contribution in [0.1, 0.15) is 15.9 Å². The van der Waals surface area contributed by atoms with Gasteiger partial charge in [0.15, 0.2) is 11.5 Å². The molecule has 0 heterocycles. The summed E-state index contributed by atoms with van der Waals surface area (Å²) < 4.78 is 37.5. The highest BCUT2D eigenvalue weighted by Gasteiger charge is 2.21. The van der Waals surface area contributed by atoms with E-state index in [9.17, 15) is 18.3 Å². The lowest BCUT2D eigenvalue weighted by atomic mass is 10.1. The minimum absolute atomic E-state index is 0.0358. The zero-order valence-electron chi connectivity index (χ0n) is 13.4. The van der Waals surface area contributed by atoms with Crippen LogP contribution in [0.2, 0.25) is 0 Å². The van der Waals surface area contributed by atoms with E-state index in [1.165, 1.54) is 38.5 Å². The van der Waals surface area contributed by atoms with E-state index in [1.54, 1.807) is 19.1 Å². The molecule has 0 saturated heterocycles. The topological polar surface area (TPSA) is 102 Å². The van der Waals surface area contributed by atoms with Gasteiger partial charge in [-0.2, -0.15) is 0 Å². The minimum Gasteiger partial charge on any atom is -0.493 e. The van der Waals surface area contributed by atoms with E-state index in [0.717, 1.165) is 5.56 Å². The van der Waals surface area contributed by atoms with Gasteiger partial charge >= 0.3 is 5.97 Å². The summed E-state index contributed by atoms with van der Waals surface area (Å²) in [5, 5.41) is 9.33. The number of benzene rings is 2. The largest absolute Gasteiger partial charge is 0.493 e. The predicted molar refractivity (Wildman–Crippen MR) is 88.5 cm³/mol. The summed E-state index contributed by atoms with van der Waals surface area (Å²) in [4.78, 5) is 11.5. The van der Waals surface area contributed by atoms with E-state index in [4.69, 9.17) is 9.47 Å². The normalized spacial score (nSPS) is 11.0. The van der Waals surface area contributed by atoms with Crippen LogP contribution >= 0.6 is 0 Å². The second-order valence-electron chi connectivity index (χ2n) is 4.98. The van der Waals surface area contributed by atoms with E-state index in [2.05, 4.69) is 4.72 Å². The number of carbonyl (C=O) groups is 1. The van der Waals surface area contributed by atoms with Gasteiger partial charge in [-0.25, -0.2) is 13.2 Å². The number of methoxy groups -OCH3 is 2. The van der Waals surface area contributed by atoms with Crippen molar-refractivity contribution in [2.45, 2.75) is 11.8 Å². The lowest BCUT2D eigenvalue weighted by Gasteiger charge is -2.15. The molecule has 0 spiro atoms. The maximum absolute atomic E-state index is 12.5. The molecular formula is C16H17NO6S. The highest BCUT2D eigenvalue weighted by atomic mass is 32.2. The molecule has 0 aromatic heterocycles. The van der Waals surface area contributed by atoms with Crippen LogP contribution < -0.4 is 14.2 Å². The van der Waals surface area contributed by atoms with Gasteiger partial charge < -0.3 is 14.6 Å². The van der Waals surface area contributed by atoms with Crippen LogP contribution in [0.4, 0.5) is 5.69 Å². The molecule has 0 aliphatic carbocycles. The summed E-state index contributed by atoms with van der Waals surface area (Å²) in [6.45, 7) is 1.76. The molecule has 2 aromatic carbocycles. The van der Waals surface area contributed by atoms with Gasteiger partial charge in [0.05, 0.1) is 30.4 Å². The summed E-state index contributed by atoms with van der Waals surface area (Å²) in [5.74, 6) is -0.893. The summed E-state index contributed by atoms with van der Waals surface area (Å²) in [7, 11) is -1.21. The molecule has 0 radical (unpaired) electrons. The molecule has 24 heavy (non-hydrogen) atoms. The van der Waals surface area contributed by atoms with Crippen molar-refractivity contribution in [2.75, 3.05) is 18.9 Å². The van der Waals surface area contributed by atoms with E-state index in [0.29, 0.717) is 0 Å². The molecule has 128 valence electrons. The number of carboxylic acids is 1. The molecule has 0 bridgehead atoms. The summed E-state index contributed by atoms with van der Waals surface area (Å²) in [6, 6.07) is 8.76. The fraction of sp³-hybridized carbons (Fsp3) is 0.188. The van der Waals surface area contributed by atoms with E-state index in [-0.39, 0.29) is 27.6 Å². The highest BCUT2D eigenvalue weighted by molar-refractivity contribution is 7.92. The fourth-order valence-corrected chi connectivity index (χ4v) is 3.30. The van der Waals surface area contributed by atoms with Gasteiger partial charge in [-0.05, 0) is 24.6 Å². The third-order valence-corrected chi connectivity index (χ3v) is 4.66. The van der Waals surface area contributed by atoms with Crippen LogP contribution in [-0.2, 0) is 10.0 Å². The van der Waals surface area contributed by atoms with Crippen LogP contribution in [0, 0.1) is 6.92 Å². The first-order valence-corrected chi connectivity index (χ1v) is 8.35. The molecule has 0 aliphatic rings. The van der Waals surface area contributed by atoms with Gasteiger partial charge in [0.25, 0.3) is 10.0 Å². The van der Waals surface area contributed by atoms with E-state index < -0.39 is 16.0 Å². The molecule has 0 unspecified atom stereocenters. The van der Waals surface area contributed by atoms with E-state index in [1.807, 2.05) is 0 Å². The van der Waals surface area contributed by atoms with Crippen molar-refractivity contribution in [2.24, 2.45) is 0 Å². The molecule has 2 rings (SSSR count). The SMILES string of the molecule is COc1cc(NS(=O)(=O)c2cccc(C)c2)c(C(=O)O)cc1OC. The van der Waals surface area contributed by atoms with Crippen LogP contribution in [0.15, 0.2) is 41.3 Å². The number of hydrogen-bond donors (Lipinski definition) is 2. The maximum Gasteiger partial charge on any atom is 0.337 e. The lowest BCUT2D eigenvalue weighted by molar-refractivity contribution is 0.0697. The van der Waals surface area contributed by atoms with Gasteiger partial charge in [0.2, 0.25) is 0 Å². The number of sulfonamides is 1. The Labute approximate surface area is 139 Å². The molecule has 0 saturated carbocycles. The van der Waals surface area contributed by atoms with Crippen molar-refractivity contribution in [3.05, 3.63) is 47.5 Å². The van der Waals surface area contributed by atoms with Gasteiger partial charge in [-0.1, -0.05) is 12.1 Å². The van der Waals surface area contributed by atoms with Gasteiger partial charge in [0.1, 0.15) is 0 Å². The second-order valence-corrected chi connectivity index (χ2v) is 6.66. The van der Waals surface area contributed by atoms with Crippen molar-refractivity contribution in [3.8, 4) is 11.5 Å². The first-order chi connectivity index (χ1) is 11.3. The Morgan fingerprint density at radius 2 is 1.71 bits per heavy atom. The van der Waals surface area contributed by atoms with Gasteiger partial charge in [-0.15, -0.1) is 0 Å². The number of aromatic carboxylic acids is 1. The van der Waals surface area contributed by atoms with Crippen molar-refractivity contribution in [1.29, 1.82) is 0 Å². The molecule has 8 heteroatoms. The quantitative estimate of drug-likeness (QED) is 0.829. The van der Waals surface area contributed by atoms with E-state index >= 15 is 0 Å². The molecule has 0 atom stereocenters. The summed E-state index contributed by atoms with van der Waals surface area (Å²) in [5.41, 5.74) is 0.411. The zero-order chi connectivity index (χ0) is 17.9. The monoisotopic (exact) mass is 351 g/mol. The van der Waals surface area contributed by atoms with Crippen molar-refractivity contribution >= 4 is 21.7 Å². The number of carboxylic acid groups (broad SMARTS) is 1. The average Bonchev–Trinajstić information content (AvgIpc) is 2.53. The lowest BCUT2D eigenvalue weighted by Crippen LogP contribution is -2.16. The van der Waals surface area contributed by atoms with Gasteiger partial charge in [-0.3, -0.25) is 4.72 Å². The minimum atomic E-state index is -3.95. The average molecular weight is 351 g/mol. The van der Waals surface area contributed by atoms with Gasteiger partial charge in [0, 0.05) is 12.1 Å². The molecule has 7 nitrogen and oxygen atoms in total. The van der Waals surface area contributed by atoms with Crippen LogP contribution in [0.25, 0.3) is 0 Å². The molecule has 0 aliphatic heterocycles. The first-order valence-electron chi connectivity index (χ1n) is 6.87. The van der Waals surface area contributed by atoms with Crippen molar-refractivity contribution in [1.82, 2.24) is 0 Å². The first kappa shape index (κ1) is 17.6. The Morgan fingerprint density at radius 3 is 2.25 bits per heavy atom. The Balaban J connectivity index is 2.53. The number of anilines is 1.